The third-order valence-corrected chi connectivity index (χ3v) is 7.41. The molecule has 0 aliphatic carbocycles. The van der Waals surface area contributed by atoms with Gasteiger partial charge in [-0.2, -0.15) is 0 Å². The van der Waals surface area contributed by atoms with Crippen molar-refractivity contribution in [2.75, 3.05) is 11.4 Å². The molecule has 1 atom stereocenters. The largest absolute Gasteiger partial charge is 0.497 e. The van der Waals surface area contributed by atoms with Gasteiger partial charge < -0.3 is 4.74 Å². The summed E-state index contributed by atoms with van der Waals surface area (Å²) in [6, 6.07) is 19.8. The Labute approximate surface area is 176 Å². The van der Waals surface area contributed by atoms with Crippen LogP contribution < -0.4 is 9.04 Å². The molecule has 4 rings (SSSR count). The molecule has 1 unspecified atom stereocenters. The Kier molecular flexibility index (Phi) is 5.55. The molecule has 0 spiro atoms. The molecule has 30 heavy (non-hydrogen) atoms. The molecule has 0 N–H and O–H groups in total. The Morgan fingerprint density at radius 1 is 1.03 bits per heavy atom. The number of pyridine rings is 1. The van der Waals surface area contributed by atoms with E-state index in [0.29, 0.717) is 22.7 Å². The molecular weight excluding hydrogens is 400 g/mol. The third-order valence-electron chi connectivity index (χ3n) is 5.28. The highest BCUT2D eigenvalue weighted by Crippen LogP contribution is 2.44. The minimum atomic E-state index is -3.68. The number of sulfonamides is 1. The van der Waals surface area contributed by atoms with Crippen LogP contribution in [0.15, 0.2) is 72.9 Å². The highest BCUT2D eigenvalue weighted by Gasteiger charge is 2.43. The summed E-state index contributed by atoms with van der Waals surface area (Å²) in [6.45, 7) is 0.218. The van der Waals surface area contributed by atoms with Gasteiger partial charge in [-0.15, -0.1) is 0 Å². The predicted molar refractivity (Wildman–Crippen MR) is 115 cm³/mol. The zero-order chi connectivity index (χ0) is 21.1. The van der Waals surface area contributed by atoms with Crippen LogP contribution in [-0.4, -0.2) is 26.3 Å². The molecule has 0 saturated carbocycles. The lowest BCUT2D eigenvalue weighted by atomic mass is 10.0. The molecule has 0 saturated heterocycles. The Morgan fingerprint density at radius 3 is 2.47 bits per heavy atom. The van der Waals surface area contributed by atoms with Gasteiger partial charge in [-0.05, 0) is 42.3 Å². The van der Waals surface area contributed by atoms with Gasteiger partial charge in [-0.1, -0.05) is 36.4 Å². The lowest BCUT2D eigenvalue weighted by molar-refractivity contribution is 0.0980. The van der Waals surface area contributed by atoms with E-state index in [1.165, 1.54) is 4.31 Å². The minimum Gasteiger partial charge on any atom is -0.497 e. The number of fused-ring (bicyclic) bond motifs is 1. The van der Waals surface area contributed by atoms with Gasteiger partial charge in [0, 0.05) is 23.7 Å². The van der Waals surface area contributed by atoms with E-state index in [1.54, 1.807) is 49.7 Å². The molecule has 6 nitrogen and oxygen atoms in total. The van der Waals surface area contributed by atoms with E-state index in [4.69, 9.17) is 4.74 Å². The lowest BCUT2D eigenvalue weighted by Crippen LogP contribution is -2.29. The molecule has 0 fully saturated rings. The predicted octanol–water partition coefficient (Wildman–Crippen LogP) is 4.14. The maximum absolute atomic E-state index is 13.3. The molecule has 0 amide bonds. The number of hydrogen-bond acceptors (Lipinski definition) is 5. The maximum atomic E-state index is 13.3. The number of aromatic nitrogens is 1. The van der Waals surface area contributed by atoms with E-state index in [9.17, 15) is 13.2 Å². The summed E-state index contributed by atoms with van der Waals surface area (Å²) in [5.41, 5.74) is 2.07. The van der Waals surface area contributed by atoms with Gasteiger partial charge in [0.15, 0.2) is 5.78 Å². The minimum absolute atomic E-state index is 0.0974. The van der Waals surface area contributed by atoms with Gasteiger partial charge in [0.25, 0.3) is 0 Å². The fraction of sp³-hybridized carbons (Fsp3) is 0.217. The zero-order valence-corrected chi connectivity index (χ0v) is 17.4. The SMILES string of the molecule is COc1ccc(C(=O)CCC2c3cccnc3N(Cc3ccccc3)S2(=O)=O)cc1. The van der Waals surface area contributed by atoms with Gasteiger partial charge in [0.1, 0.15) is 16.8 Å². The Balaban J connectivity index is 1.56. The number of ether oxygens (including phenoxy) is 1. The topological polar surface area (TPSA) is 76.6 Å². The number of anilines is 1. The van der Waals surface area contributed by atoms with Gasteiger partial charge in [0.05, 0.1) is 13.7 Å². The summed E-state index contributed by atoms with van der Waals surface area (Å²) in [6.07, 6.45) is 1.93. The Bertz CT molecular complexity index is 1150. The van der Waals surface area contributed by atoms with Crippen molar-refractivity contribution < 1.29 is 17.9 Å². The van der Waals surface area contributed by atoms with Crippen molar-refractivity contribution >= 4 is 21.6 Å². The molecule has 0 bridgehead atoms. The van der Waals surface area contributed by atoms with Gasteiger partial charge in [0.2, 0.25) is 10.0 Å². The molecule has 154 valence electrons. The molecule has 1 aliphatic rings. The summed E-state index contributed by atoms with van der Waals surface area (Å²) < 4.78 is 33.2. The first-order valence-corrected chi connectivity index (χ1v) is 11.2. The van der Waals surface area contributed by atoms with Gasteiger partial charge >= 0.3 is 0 Å². The van der Waals surface area contributed by atoms with Crippen LogP contribution in [0, 0.1) is 0 Å². The highest BCUT2D eigenvalue weighted by atomic mass is 32.2. The number of ketones is 1. The Morgan fingerprint density at radius 2 is 1.77 bits per heavy atom. The molecule has 2 aromatic carbocycles. The number of methoxy groups -OCH3 is 1. The molecule has 1 aromatic heterocycles. The van der Waals surface area contributed by atoms with Crippen LogP contribution in [-0.2, 0) is 16.6 Å². The van der Waals surface area contributed by atoms with Crippen molar-refractivity contribution in [2.24, 2.45) is 0 Å². The van der Waals surface area contributed by atoms with Crippen molar-refractivity contribution in [2.45, 2.75) is 24.6 Å². The summed E-state index contributed by atoms with van der Waals surface area (Å²) in [5.74, 6) is 1.02. The van der Waals surface area contributed by atoms with Crippen molar-refractivity contribution in [3.8, 4) is 5.75 Å². The normalized spacial score (nSPS) is 16.8. The van der Waals surface area contributed by atoms with E-state index in [2.05, 4.69) is 4.98 Å². The van der Waals surface area contributed by atoms with E-state index in [1.807, 2.05) is 30.3 Å². The van der Waals surface area contributed by atoms with Crippen molar-refractivity contribution in [3.05, 3.63) is 89.6 Å². The average Bonchev–Trinajstić information content (AvgIpc) is 2.99. The summed E-state index contributed by atoms with van der Waals surface area (Å²) >= 11 is 0. The number of rotatable bonds is 7. The molecule has 0 radical (unpaired) electrons. The number of carbonyl (C=O) groups excluding carboxylic acids is 1. The van der Waals surface area contributed by atoms with Crippen LogP contribution in [0.1, 0.15) is 39.6 Å². The third kappa shape index (κ3) is 3.80. The highest BCUT2D eigenvalue weighted by molar-refractivity contribution is 7.93. The number of benzene rings is 2. The lowest BCUT2D eigenvalue weighted by Gasteiger charge is -2.19. The first kappa shape index (κ1) is 20.1. The van der Waals surface area contributed by atoms with Crippen LogP contribution >= 0.6 is 0 Å². The molecule has 7 heteroatoms. The van der Waals surface area contributed by atoms with Gasteiger partial charge in [-0.25, -0.2) is 17.7 Å². The van der Waals surface area contributed by atoms with Crippen LogP contribution in [0.3, 0.4) is 0 Å². The van der Waals surface area contributed by atoms with E-state index < -0.39 is 15.3 Å². The Hall–Kier alpha value is -3.19. The molecular formula is C23H22N2O4S. The number of nitrogens with zero attached hydrogens (tertiary/aromatic N) is 2. The van der Waals surface area contributed by atoms with Crippen LogP contribution in [0.4, 0.5) is 5.82 Å². The first-order chi connectivity index (χ1) is 14.5. The number of carbonyl (C=O) groups is 1. The summed E-state index contributed by atoms with van der Waals surface area (Å²) in [4.78, 5) is 17.0. The van der Waals surface area contributed by atoms with E-state index in [0.717, 1.165) is 5.56 Å². The van der Waals surface area contributed by atoms with Crippen LogP contribution in [0.2, 0.25) is 0 Å². The van der Waals surface area contributed by atoms with E-state index in [-0.39, 0.29) is 25.2 Å². The summed E-state index contributed by atoms with van der Waals surface area (Å²) in [5, 5.41) is -0.785. The first-order valence-electron chi connectivity index (χ1n) is 9.68. The fourth-order valence-electron chi connectivity index (χ4n) is 3.71. The number of hydrogen-bond donors (Lipinski definition) is 0. The second-order valence-electron chi connectivity index (χ2n) is 7.13. The smallest absolute Gasteiger partial charge is 0.243 e. The van der Waals surface area contributed by atoms with Crippen LogP contribution in [0.25, 0.3) is 0 Å². The second-order valence-corrected chi connectivity index (χ2v) is 9.17. The quantitative estimate of drug-likeness (QED) is 0.535. The van der Waals surface area contributed by atoms with Crippen LogP contribution in [0.5, 0.6) is 5.75 Å². The van der Waals surface area contributed by atoms with Gasteiger partial charge in [-0.3, -0.25) is 4.79 Å². The second kappa shape index (κ2) is 8.28. The number of Topliss-reactive ketones (excluding diaryl/α,β-unsaturated/α-hetero) is 1. The zero-order valence-electron chi connectivity index (χ0n) is 16.6. The molecule has 1 aliphatic heterocycles. The average molecular weight is 423 g/mol. The molecule has 2 heterocycles. The van der Waals surface area contributed by atoms with E-state index >= 15 is 0 Å². The summed E-state index contributed by atoms with van der Waals surface area (Å²) in [7, 11) is -2.11. The molecule has 3 aromatic rings. The fourth-order valence-corrected chi connectivity index (χ4v) is 5.66. The van der Waals surface area contributed by atoms with Crippen molar-refractivity contribution in [3.63, 3.8) is 0 Å². The van der Waals surface area contributed by atoms with Crippen molar-refractivity contribution in [1.29, 1.82) is 0 Å². The monoisotopic (exact) mass is 422 g/mol. The van der Waals surface area contributed by atoms with Crippen molar-refractivity contribution in [1.82, 2.24) is 4.98 Å². The maximum Gasteiger partial charge on any atom is 0.243 e. The standard InChI is InChI=1S/C23H22N2O4S/c1-29-19-11-9-18(10-12-19)21(26)13-14-22-20-8-5-15-24-23(20)25(30(22,27)28)16-17-6-3-2-4-7-17/h2-12,15,22H,13-14,16H2,1H3.